The Hall–Kier alpha value is -1.45. The van der Waals surface area contributed by atoms with Gasteiger partial charge in [0.1, 0.15) is 11.7 Å². The molecule has 1 aromatic rings. The molecule has 4 fully saturated rings. The number of carboxylic acid groups (broad SMARTS) is 1. The summed E-state index contributed by atoms with van der Waals surface area (Å²) < 4.78 is 0. The lowest BCUT2D eigenvalue weighted by Crippen LogP contribution is -2.48. The first-order valence-electron chi connectivity index (χ1n) is 7.72. The highest BCUT2D eigenvalue weighted by Gasteiger charge is 2.52. The van der Waals surface area contributed by atoms with Gasteiger partial charge < -0.3 is 5.11 Å². The maximum Gasteiger partial charge on any atom is 0.314 e. The van der Waals surface area contributed by atoms with E-state index < -0.39 is 11.9 Å². The fraction of sp³-hybridized carbons (Fsp3) is 0.688. The van der Waals surface area contributed by atoms with Gasteiger partial charge in [-0.1, -0.05) is 0 Å². The highest BCUT2D eigenvalue weighted by molar-refractivity contribution is 5.75. The number of carboxylic acids is 1. The first kappa shape index (κ1) is 12.3. The van der Waals surface area contributed by atoms with Crippen LogP contribution in [0.2, 0.25) is 0 Å². The van der Waals surface area contributed by atoms with Crippen molar-refractivity contribution in [1.82, 2.24) is 9.97 Å². The zero-order valence-electron chi connectivity index (χ0n) is 11.5. The molecule has 4 saturated carbocycles. The predicted molar refractivity (Wildman–Crippen MR) is 72.9 cm³/mol. The predicted octanol–water partition coefficient (Wildman–Crippen LogP) is 2.72. The van der Waals surface area contributed by atoms with Crippen LogP contribution >= 0.6 is 0 Å². The maximum absolute atomic E-state index is 11.8. The van der Waals surface area contributed by atoms with Crippen LogP contribution in [0.3, 0.4) is 0 Å². The summed E-state index contributed by atoms with van der Waals surface area (Å²) in [5.74, 6) is 2.40. The lowest BCUT2D eigenvalue weighted by Gasteiger charge is -2.55. The standard InChI is InChI=1S/C16H20N2O2/c19-16(20)14(15-17-2-1-3-18-15)13-11-5-9-4-10(7-11)8-12(13)6-9/h1-3,9-14H,4-8H2,(H,19,20). The molecule has 20 heavy (non-hydrogen) atoms. The summed E-state index contributed by atoms with van der Waals surface area (Å²) in [6.45, 7) is 0. The van der Waals surface area contributed by atoms with Gasteiger partial charge in [0.05, 0.1) is 0 Å². The van der Waals surface area contributed by atoms with Crippen molar-refractivity contribution in [1.29, 1.82) is 0 Å². The van der Waals surface area contributed by atoms with Gasteiger partial charge >= 0.3 is 5.97 Å². The number of aliphatic carboxylic acids is 1. The van der Waals surface area contributed by atoms with Crippen LogP contribution in [0.5, 0.6) is 0 Å². The highest BCUT2D eigenvalue weighted by atomic mass is 16.4. The van der Waals surface area contributed by atoms with E-state index in [4.69, 9.17) is 0 Å². The van der Waals surface area contributed by atoms with Gasteiger partial charge in [-0.05, 0) is 67.8 Å². The van der Waals surface area contributed by atoms with E-state index in [2.05, 4.69) is 9.97 Å². The molecule has 0 amide bonds. The van der Waals surface area contributed by atoms with Crippen LogP contribution in [0, 0.1) is 29.6 Å². The van der Waals surface area contributed by atoms with E-state index in [1.807, 2.05) is 0 Å². The van der Waals surface area contributed by atoms with Crippen molar-refractivity contribution in [3.05, 3.63) is 24.3 Å². The minimum absolute atomic E-state index is 0.252. The fourth-order valence-corrected chi connectivity index (χ4v) is 5.43. The molecule has 5 rings (SSSR count). The molecule has 4 heteroatoms. The topological polar surface area (TPSA) is 63.1 Å². The quantitative estimate of drug-likeness (QED) is 0.919. The molecule has 4 bridgehead atoms. The second-order valence-electron chi connectivity index (χ2n) is 6.93. The van der Waals surface area contributed by atoms with Crippen molar-refractivity contribution in [2.24, 2.45) is 29.6 Å². The molecule has 0 aliphatic heterocycles. The molecular formula is C16H20N2O2. The molecule has 1 aromatic heterocycles. The summed E-state index contributed by atoms with van der Waals surface area (Å²) in [6, 6.07) is 1.75. The lowest BCUT2D eigenvalue weighted by molar-refractivity contribution is -0.146. The van der Waals surface area contributed by atoms with E-state index in [-0.39, 0.29) is 5.92 Å². The molecule has 0 aromatic carbocycles. The number of aromatic nitrogens is 2. The van der Waals surface area contributed by atoms with Crippen LogP contribution in [0.25, 0.3) is 0 Å². The van der Waals surface area contributed by atoms with E-state index in [0.29, 0.717) is 17.7 Å². The molecule has 1 atom stereocenters. The Balaban J connectivity index is 1.69. The van der Waals surface area contributed by atoms with Crippen molar-refractivity contribution in [2.45, 2.75) is 38.0 Å². The van der Waals surface area contributed by atoms with Crippen molar-refractivity contribution in [2.75, 3.05) is 0 Å². The Morgan fingerprint density at radius 3 is 2.10 bits per heavy atom. The van der Waals surface area contributed by atoms with Crippen LogP contribution < -0.4 is 0 Å². The summed E-state index contributed by atoms with van der Waals surface area (Å²) in [6.07, 6.45) is 9.63. The number of hydrogen-bond acceptors (Lipinski definition) is 3. The zero-order valence-corrected chi connectivity index (χ0v) is 11.5. The van der Waals surface area contributed by atoms with Crippen molar-refractivity contribution >= 4 is 5.97 Å². The Kier molecular flexibility index (Phi) is 2.79. The van der Waals surface area contributed by atoms with Gasteiger partial charge in [-0.3, -0.25) is 4.79 Å². The minimum Gasteiger partial charge on any atom is -0.481 e. The highest BCUT2D eigenvalue weighted by Crippen LogP contribution is 2.59. The van der Waals surface area contributed by atoms with E-state index in [9.17, 15) is 9.90 Å². The van der Waals surface area contributed by atoms with E-state index in [0.717, 1.165) is 11.8 Å². The monoisotopic (exact) mass is 272 g/mol. The Labute approximate surface area is 118 Å². The SMILES string of the molecule is O=C(O)C(c1ncccn1)C1C2CC3CC(C2)CC1C3. The van der Waals surface area contributed by atoms with Gasteiger partial charge in [0.25, 0.3) is 0 Å². The molecule has 0 spiro atoms. The third kappa shape index (κ3) is 1.85. The molecule has 1 heterocycles. The van der Waals surface area contributed by atoms with E-state index in [1.165, 1.54) is 32.1 Å². The Bertz CT molecular complexity index is 488. The minimum atomic E-state index is -0.742. The summed E-state index contributed by atoms with van der Waals surface area (Å²) in [4.78, 5) is 20.3. The molecule has 4 aliphatic carbocycles. The molecule has 1 N–H and O–H groups in total. The van der Waals surface area contributed by atoms with Crippen LogP contribution in [0.15, 0.2) is 18.5 Å². The van der Waals surface area contributed by atoms with E-state index in [1.54, 1.807) is 18.5 Å². The normalized spacial score (nSPS) is 39.7. The second kappa shape index (κ2) is 4.54. The van der Waals surface area contributed by atoms with Crippen molar-refractivity contribution in [3.63, 3.8) is 0 Å². The number of rotatable bonds is 3. The average molecular weight is 272 g/mol. The largest absolute Gasteiger partial charge is 0.481 e. The molecule has 1 unspecified atom stereocenters. The smallest absolute Gasteiger partial charge is 0.314 e. The summed E-state index contributed by atoms with van der Waals surface area (Å²) in [7, 11) is 0. The van der Waals surface area contributed by atoms with Crippen LogP contribution in [0.1, 0.15) is 43.8 Å². The number of nitrogens with zero attached hydrogens (tertiary/aromatic N) is 2. The van der Waals surface area contributed by atoms with Crippen molar-refractivity contribution < 1.29 is 9.90 Å². The van der Waals surface area contributed by atoms with Gasteiger partial charge in [-0.15, -0.1) is 0 Å². The van der Waals surface area contributed by atoms with Gasteiger partial charge in [-0.2, -0.15) is 0 Å². The van der Waals surface area contributed by atoms with Crippen LogP contribution in [0.4, 0.5) is 0 Å². The number of carbonyl (C=O) groups is 1. The molecule has 106 valence electrons. The fourth-order valence-electron chi connectivity index (χ4n) is 5.43. The first-order valence-corrected chi connectivity index (χ1v) is 7.72. The second-order valence-corrected chi connectivity index (χ2v) is 6.93. The average Bonchev–Trinajstić information content (AvgIpc) is 2.42. The number of hydrogen-bond donors (Lipinski definition) is 1. The molecule has 0 radical (unpaired) electrons. The Morgan fingerprint density at radius 2 is 1.60 bits per heavy atom. The van der Waals surface area contributed by atoms with Gasteiger partial charge in [0.2, 0.25) is 0 Å². The van der Waals surface area contributed by atoms with Gasteiger partial charge in [-0.25, -0.2) is 9.97 Å². The van der Waals surface area contributed by atoms with E-state index >= 15 is 0 Å². The lowest BCUT2D eigenvalue weighted by atomic mass is 9.49. The van der Waals surface area contributed by atoms with Gasteiger partial charge in [0.15, 0.2) is 0 Å². The van der Waals surface area contributed by atoms with Crippen LogP contribution in [-0.2, 0) is 4.79 Å². The van der Waals surface area contributed by atoms with Crippen molar-refractivity contribution in [3.8, 4) is 0 Å². The molecular weight excluding hydrogens is 252 g/mol. The summed E-state index contributed by atoms with van der Waals surface area (Å²) >= 11 is 0. The maximum atomic E-state index is 11.8. The van der Waals surface area contributed by atoms with Gasteiger partial charge in [0, 0.05) is 12.4 Å². The molecule has 4 aliphatic rings. The Morgan fingerprint density at radius 1 is 1.05 bits per heavy atom. The first-order chi connectivity index (χ1) is 9.72. The zero-order chi connectivity index (χ0) is 13.7. The third-order valence-electron chi connectivity index (χ3n) is 5.81. The third-order valence-corrected chi connectivity index (χ3v) is 5.81. The summed E-state index contributed by atoms with van der Waals surface area (Å²) in [5.41, 5.74) is 0. The molecule has 4 nitrogen and oxygen atoms in total. The molecule has 0 saturated heterocycles. The summed E-state index contributed by atoms with van der Waals surface area (Å²) in [5, 5.41) is 9.73. The van der Waals surface area contributed by atoms with Crippen LogP contribution in [-0.4, -0.2) is 21.0 Å².